The largest absolute Gasteiger partial charge is 0.356 e. The van der Waals surface area contributed by atoms with Crippen molar-refractivity contribution in [2.75, 3.05) is 13.1 Å². The van der Waals surface area contributed by atoms with Crippen LogP contribution < -0.4 is 11.1 Å². The molecule has 0 fully saturated rings. The molecule has 0 spiro atoms. The average molecular weight is 196 g/mol. The predicted molar refractivity (Wildman–Crippen MR) is 58.6 cm³/mol. The number of carbonyl (C=O) groups excluding carboxylic acids is 1. The van der Waals surface area contributed by atoms with Crippen LogP contribution in [0.25, 0.3) is 0 Å². The van der Waals surface area contributed by atoms with Gasteiger partial charge in [-0.1, -0.05) is 0 Å². The maximum absolute atomic E-state index is 11.2. The van der Waals surface area contributed by atoms with E-state index < -0.39 is 0 Å². The Labute approximate surface area is 86.4 Å². The van der Waals surface area contributed by atoms with E-state index in [9.17, 15) is 4.79 Å². The van der Waals surface area contributed by atoms with Crippen LogP contribution in [0.5, 0.6) is 0 Å². The normalized spacial score (nSPS) is 9.43. The fourth-order valence-electron chi connectivity index (χ4n) is 1.10. The summed E-state index contributed by atoms with van der Waals surface area (Å²) in [5.74, 6) is 2.70. The molecule has 0 unspecified atom stereocenters. The van der Waals surface area contributed by atoms with Gasteiger partial charge in [-0.2, -0.15) is 0 Å². The first-order chi connectivity index (χ1) is 6.81. The molecule has 0 saturated carbocycles. The standard InChI is InChI=1S/C11H20N2O/c1-2-3-4-7-10-13-11(14)8-5-6-9-12/h1H,3-10,12H2,(H,13,14). The summed E-state index contributed by atoms with van der Waals surface area (Å²) in [5, 5.41) is 2.85. The average Bonchev–Trinajstić information content (AvgIpc) is 2.18. The van der Waals surface area contributed by atoms with Crippen molar-refractivity contribution in [3.63, 3.8) is 0 Å². The Morgan fingerprint density at radius 1 is 1.29 bits per heavy atom. The van der Waals surface area contributed by atoms with Crippen LogP contribution in [0, 0.1) is 12.3 Å². The Morgan fingerprint density at radius 3 is 2.71 bits per heavy atom. The first-order valence-corrected chi connectivity index (χ1v) is 5.21. The molecular weight excluding hydrogens is 176 g/mol. The van der Waals surface area contributed by atoms with Crippen molar-refractivity contribution in [1.82, 2.24) is 5.32 Å². The molecule has 3 heteroatoms. The van der Waals surface area contributed by atoms with Crippen LogP contribution >= 0.6 is 0 Å². The van der Waals surface area contributed by atoms with E-state index in [0.717, 1.165) is 38.6 Å². The third kappa shape index (κ3) is 9.08. The highest BCUT2D eigenvalue weighted by atomic mass is 16.1. The van der Waals surface area contributed by atoms with Crippen LogP contribution in [0.3, 0.4) is 0 Å². The summed E-state index contributed by atoms with van der Waals surface area (Å²) in [6, 6.07) is 0. The van der Waals surface area contributed by atoms with E-state index in [0.29, 0.717) is 13.0 Å². The molecule has 0 atom stereocenters. The Hall–Kier alpha value is -1.01. The maximum atomic E-state index is 11.2. The molecule has 0 radical (unpaired) electrons. The van der Waals surface area contributed by atoms with Gasteiger partial charge in [0.15, 0.2) is 0 Å². The molecule has 0 aromatic carbocycles. The van der Waals surface area contributed by atoms with Gasteiger partial charge in [-0.15, -0.1) is 12.3 Å². The van der Waals surface area contributed by atoms with Crippen molar-refractivity contribution in [3.8, 4) is 12.3 Å². The molecule has 14 heavy (non-hydrogen) atoms. The lowest BCUT2D eigenvalue weighted by molar-refractivity contribution is -0.121. The summed E-state index contributed by atoms with van der Waals surface area (Å²) in [5.41, 5.74) is 5.32. The van der Waals surface area contributed by atoms with Crippen LogP contribution in [-0.4, -0.2) is 19.0 Å². The fourth-order valence-corrected chi connectivity index (χ4v) is 1.10. The van der Waals surface area contributed by atoms with Crippen molar-refractivity contribution in [2.24, 2.45) is 5.73 Å². The van der Waals surface area contributed by atoms with Crippen molar-refractivity contribution >= 4 is 5.91 Å². The molecule has 0 aliphatic carbocycles. The first kappa shape index (κ1) is 13.0. The number of nitrogens with two attached hydrogens (primary N) is 1. The van der Waals surface area contributed by atoms with E-state index in [-0.39, 0.29) is 5.91 Å². The molecule has 0 aliphatic heterocycles. The number of terminal acetylenes is 1. The number of amides is 1. The quantitative estimate of drug-likeness (QED) is 0.450. The van der Waals surface area contributed by atoms with Crippen molar-refractivity contribution in [3.05, 3.63) is 0 Å². The SMILES string of the molecule is C#CCCCCNC(=O)CCCCN. The number of rotatable bonds is 8. The zero-order valence-corrected chi connectivity index (χ0v) is 8.72. The van der Waals surface area contributed by atoms with Crippen LogP contribution in [0.4, 0.5) is 0 Å². The minimum absolute atomic E-state index is 0.124. The molecule has 80 valence electrons. The van der Waals surface area contributed by atoms with Gasteiger partial charge in [0.25, 0.3) is 0 Å². The van der Waals surface area contributed by atoms with E-state index in [1.165, 1.54) is 0 Å². The van der Waals surface area contributed by atoms with E-state index in [4.69, 9.17) is 12.2 Å². The highest BCUT2D eigenvalue weighted by molar-refractivity contribution is 5.75. The van der Waals surface area contributed by atoms with Gasteiger partial charge in [-0.3, -0.25) is 4.79 Å². The Bertz CT molecular complexity index is 184. The van der Waals surface area contributed by atoms with Crippen molar-refractivity contribution in [2.45, 2.75) is 38.5 Å². The van der Waals surface area contributed by atoms with Crippen LogP contribution in [-0.2, 0) is 4.79 Å². The van der Waals surface area contributed by atoms with E-state index in [1.807, 2.05) is 0 Å². The second-order valence-electron chi connectivity index (χ2n) is 3.26. The minimum atomic E-state index is 0.124. The molecule has 0 aliphatic rings. The van der Waals surface area contributed by atoms with E-state index in [1.54, 1.807) is 0 Å². The van der Waals surface area contributed by atoms with Crippen molar-refractivity contribution < 1.29 is 4.79 Å². The molecule has 0 rings (SSSR count). The summed E-state index contributed by atoms with van der Waals surface area (Å²) >= 11 is 0. The number of hydrogen-bond acceptors (Lipinski definition) is 2. The second kappa shape index (κ2) is 10.1. The highest BCUT2D eigenvalue weighted by Gasteiger charge is 1.98. The molecule has 0 aromatic heterocycles. The van der Waals surface area contributed by atoms with Gasteiger partial charge >= 0.3 is 0 Å². The Morgan fingerprint density at radius 2 is 2.07 bits per heavy atom. The lowest BCUT2D eigenvalue weighted by atomic mass is 10.2. The zero-order valence-electron chi connectivity index (χ0n) is 8.72. The summed E-state index contributed by atoms with van der Waals surface area (Å²) in [6.45, 7) is 1.40. The number of carbonyl (C=O) groups is 1. The maximum Gasteiger partial charge on any atom is 0.219 e. The topological polar surface area (TPSA) is 55.1 Å². The molecule has 0 bridgehead atoms. The molecule has 0 saturated heterocycles. The Balaban J connectivity index is 3.15. The van der Waals surface area contributed by atoms with Gasteiger partial charge < -0.3 is 11.1 Å². The Kier molecular flexibility index (Phi) is 9.35. The number of hydrogen-bond donors (Lipinski definition) is 2. The van der Waals surface area contributed by atoms with Crippen LogP contribution in [0.2, 0.25) is 0 Å². The monoisotopic (exact) mass is 196 g/mol. The van der Waals surface area contributed by atoms with E-state index in [2.05, 4.69) is 11.2 Å². The third-order valence-electron chi connectivity index (χ3n) is 1.93. The highest BCUT2D eigenvalue weighted by Crippen LogP contribution is 1.95. The van der Waals surface area contributed by atoms with Gasteiger partial charge in [0, 0.05) is 19.4 Å². The summed E-state index contributed by atoms with van der Waals surface area (Å²) in [7, 11) is 0. The number of nitrogens with one attached hydrogen (secondary N) is 1. The van der Waals surface area contributed by atoms with Gasteiger partial charge in [-0.05, 0) is 32.2 Å². The molecule has 0 aromatic rings. The predicted octanol–water partition coefficient (Wildman–Crippen LogP) is 1.04. The van der Waals surface area contributed by atoms with Crippen molar-refractivity contribution in [1.29, 1.82) is 0 Å². The smallest absolute Gasteiger partial charge is 0.219 e. The summed E-state index contributed by atoms with van der Waals surface area (Å²) in [6.07, 6.45) is 10.2. The third-order valence-corrected chi connectivity index (χ3v) is 1.93. The molecular formula is C11H20N2O. The van der Waals surface area contributed by atoms with Gasteiger partial charge in [0.2, 0.25) is 5.91 Å². The fraction of sp³-hybridized carbons (Fsp3) is 0.727. The molecule has 0 heterocycles. The summed E-state index contributed by atoms with van der Waals surface area (Å²) in [4.78, 5) is 11.2. The first-order valence-electron chi connectivity index (χ1n) is 5.21. The molecule has 3 nitrogen and oxygen atoms in total. The van der Waals surface area contributed by atoms with E-state index >= 15 is 0 Å². The van der Waals surface area contributed by atoms with Gasteiger partial charge in [0.1, 0.15) is 0 Å². The van der Waals surface area contributed by atoms with Gasteiger partial charge in [-0.25, -0.2) is 0 Å². The lowest BCUT2D eigenvalue weighted by Crippen LogP contribution is -2.24. The van der Waals surface area contributed by atoms with Crippen LogP contribution in [0.15, 0.2) is 0 Å². The summed E-state index contributed by atoms with van der Waals surface area (Å²) < 4.78 is 0. The molecule has 3 N–H and O–H groups in total. The second-order valence-corrected chi connectivity index (χ2v) is 3.26. The molecule has 1 amide bonds. The van der Waals surface area contributed by atoms with Crippen LogP contribution in [0.1, 0.15) is 38.5 Å². The minimum Gasteiger partial charge on any atom is -0.356 e. The number of unbranched alkanes of at least 4 members (excludes halogenated alkanes) is 3. The zero-order chi connectivity index (χ0) is 10.6. The lowest BCUT2D eigenvalue weighted by Gasteiger charge is -2.03. The van der Waals surface area contributed by atoms with Gasteiger partial charge in [0.05, 0.1) is 0 Å².